The summed E-state index contributed by atoms with van der Waals surface area (Å²) >= 11 is 1.06. The summed E-state index contributed by atoms with van der Waals surface area (Å²) in [5, 5.41) is 0. The molecular weight excluding hydrogens is 234 g/mol. The lowest BCUT2D eigenvalue weighted by Gasteiger charge is -2.21. The summed E-state index contributed by atoms with van der Waals surface area (Å²) in [5.74, 6) is -0.0591. The lowest BCUT2D eigenvalue weighted by atomic mass is 10.1. The van der Waals surface area contributed by atoms with Gasteiger partial charge in [-0.15, -0.1) is 0 Å². The van der Waals surface area contributed by atoms with Crippen LogP contribution in [0.5, 0.6) is 0 Å². The highest BCUT2D eigenvalue weighted by Crippen LogP contribution is 2.32. The van der Waals surface area contributed by atoms with E-state index in [0.29, 0.717) is 5.69 Å². The van der Waals surface area contributed by atoms with Gasteiger partial charge in [-0.2, -0.15) is 8.75 Å². The van der Waals surface area contributed by atoms with Crippen LogP contribution < -0.4 is 4.90 Å². The highest BCUT2D eigenvalue weighted by molar-refractivity contribution is 6.99. The minimum atomic E-state index is -0.0591. The predicted molar refractivity (Wildman–Crippen MR) is 66.3 cm³/mol. The van der Waals surface area contributed by atoms with E-state index in [2.05, 4.69) is 21.7 Å². The fourth-order valence-electron chi connectivity index (χ4n) is 2.26. The maximum atomic E-state index is 12.3. The van der Waals surface area contributed by atoms with Crippen molar-refractivity contribution in [3.63, 3.8) is 0 Å². The van der Waals surface area contributed by atoms with E-state index in [4.69, 9.17) is 0 Å². The van der Waals surface area contributed by atoms with Crippen LogP contribution in [0.4, 0.5) is 5.69 Å². The largest absolute Gasteiger partial charge is 0.304 e. The van der Waals surface area contributed by atoms with Crippen LogP contribution in [0.3, 0.4) is 0 Å². The second-order valence-electron chi connectivity index (χ2n) is 4.15. The maximum absolute atomic E-state index is 12.3. The molecular formula is C12H11N3OS. The monoisotopic (exact) mass is 245 g/mol. The molecule has 86 valence electrons. The van der Waals surface area contributed by atoms with E-state index in [-0.39, 0.29) is 11.9 Å². The van der Waals surface area contributed by atoms with Crippen molar-refractivity contribution in [1.82, 2.24) is 8.75 Å². The number of nitrogens with zero attached hydrogens (tertiary/aromatic N) is 3. The zero-order valence-electron chi connectivity index (χ0n) is 9.33. The topological polar surface area (TPSA) is 46.1 Å². The molecule has 0 saturated carbocycles. The van der Waals surface area contributed by atoms with Gasteiger partial charge in [-0.3, -0.25) is 4.79 Å². The SMILES string of the molecule is C[C@H]1Cc2ccccc2N1C(=O)c1cnsn1. The normalized spacial score (nSPS) is 18.2. The fraction of sp³-hybridized carbons (Fsp3) is 0.250. The summed E-state index contributed by atoms with van der Waals surface area (Å²) in [4.78, 5) is 14.1. The molecule has 1 atom stereocenters. The smallest absolute Gasteiger partial charge is 0.279 e. The van der Waals surface area contributed by atoms with E-state index in [1.54, 1.807) is 0 Å². The number of hydrogen-bond acceptors (Lipinski definition) is 4. The molecule has 1 aliphatic heterocycles. The Kier molecular flexibility index (Phi) is 2.40. The van der Waals surface area contributed by atoms with Crippen molar-refractivity contribution in [2.24, 2.45) is 0 Å². The quantitative estimate of drug-likeness (QED) is 0.773. The van der Waals surface area contributed by atoms with Crippen molar-refractivity contribution < 1.29 is 4.79 Å². The van der Waals surface area contributed by atoms with E-state index >= 15 is 0 Å². The number of hydrogen-bond donors (Lipinski definition) is 0. The molecule has 3 rings (SSSR count). The molecule has 0 saturated heterocycles. The number of amides is 1. The van der Waals surface area contributed by atoms with Crippen LogP contribution in [0.1, 0.15) is 23.0 Å². The Balaban J connectivity index is 2.01. The summed E-state index contributed by atoms with van der Waals surface area (Å²) in [6.07, 6.45) is 2.43. The van der Waals surface area contributed by atoms with Crippen LogP contribution in [0, 0.1) is 0 Å². The molecule has 0 unspecified atom stereocenters. The van der Waals surface area contributed by atoms with Crippen LogP contribution in [0.25, 0.3) is 0 Å². The van der Waals surface area contributed by atoms with E-state index in [1.165, 1.54) is 11.8 Å². The number of carbonyl (C=O) groups is 1. The molecule has 1 amide bonds. The van der Waals surface area contributed by atoms with Crippen LogP contribution in [0.15, 0.2) is 30.5 Å². The van der Waals surface area contributed by atoms with E-state index in [0.717, 1.165) is 23.8 Å². The Hall–Kier alpha value is -1.75. The van der Waals surface area contributed by atoms with Crippen molar-refractivity contribution >= 4 is 23.3 Å². The van der Waals surface area contributed by atoms with Gasteiger partial charge in [-0.05, 0) is 25.0 Å². The Bertz CT molecular complexity index is 553. The first-order valence-corrected chi connectivity index (χ1v) is 6.19. The van der Waals surface area contributed by atoms with Gasteiger partial charge < -0.3 is 4.90 Å². The molecule has 1 aliphatic rings. The average molecular weight is 245 g/mol. The van der Waals surface area contributed by atoms with Gasteiger partial charge in [-0.1, -0.05) is 18.2 Å². The molecule has 17 heavy (non-hydrogen) atoms. The number of anilines is 1. The molecule has 5 heteroatoms. The lowest BCUT2D eigenvalue weighted by Crippen LogP contribution is -2.35. The average Bonchev–Trinajstić information content (AvgIpc) is 2.94. The van der Waals surface area contributed by atoms with Crippen molar-refractivity contribution in [2.45, 2.75) is 19.4 Å². The molecule has 0 spiro atoms. The summed E-state index contributed by atoms with van der Waals surface area (Å²) < 4.78 is 7.89. The van der Waals surface area contributed by atoms with Gasteiger partial charge in [0, 0.05) is 11.7 Å². The van der Waals surface area contributed by atoms with Crippen LogP contribution in [-0.4, -0.2) is 20.7 Å². The number of benzene rings is 1. The van der Waals surface area contributed by atoms with Crippen LogP contribution in [-0.2, 0) is 6.42 Å². The molecule has 2 aromatic rings. The van der Waals surface area contributed by atoms with Crippen molar-refractivity contribution in [3.8, 4) is 0 Å². The third-order valence-corrected chi connectivity index (χ3v) is 3.48. The first-order valence-electron chi connectivity index (χ1n) is 5.46. The molecule has 0 aliphatic carbocycles. The number of carbonyl (C=O) groups excluding carboxylic acids is 1. The Labute approximate surface area is 103 Å². The molecule has 0 N–H and O–H groups in total. The molecule has 4 nitrogen and oxygen atoms in total. The summed E-state index contributed by atoms with van der Waals surface area (Å²) in [5.41, 5.74) is 2.65. The van der Waals surface area contributed by atoms with Gasteiger partial charge in [0.15, 0.2) is 5.69 Å². The van der Waals surface area contributed by atoms with Crippen LogP contribution in [0.2, 0.25) is 0 Å². The van der Waals surface area contributed by atoms with Gasteiger partial charge in [-0.25, -0.2) is 0 Å². The Morgan fingerprint density at radius 1 is 1.47 bits per heavy atom. The molecule has 1 aromatic carbocycles. The molecule has 0 bridgehead atoms. The number of aromatic nitrogens is 2. The van der Waals surface area contributed by atoms with Gasteiger partial charge >= 0.3 is 0 Å². The maximum Gasteiger partial charge on any atom is 0.279 e. The zero-order valence-corrected chi connectivity index (χ0v) is 10.1. The lowest BCUT2D eigenvalue weighted by molar-refractivity contribution is 0.0977. The Morgan fingerprint density at radius 2 is 2.29 bits per heavy atom. The van der Waals surface area contributed by atoms with Gasteiger partial charge in [0.1, 0.15) is 0 Å². The molecule has 0 fully saturated rings. The highest BCUT2D eigenvalue weighted by Gasteiger charge is 2.32. The standard InChI is InChI=1S/C12H11N3OS/c1-8-6-9-4-2-3-5-11(9)15(8)12(16)10-7-13-17-14-10/h2-5,7-8H,6H2,1H3/t8-/m0/s1. The van der Waals surface area contributed by atoms with Crippen molar-refractivity contribution in [2.75, 3.05) is 4.90 Å². The van der Waals surface area contributed by atoms with Crippen molar-refractivity contribution in [1.29, 1.82) is 0 Å². The van der Waals surface area contributed by atoms with Crippen LogP contribution >= 0.6 is 11.7 Å². The van der Waals surface area contributed by atoms with Crippen molar-refractivity contribution in [3.05, 3.63) is 41.7 Å². The third-order valence-electron chi connectivity index (χ3n) is 3.01. The number of fused-ring (bicyclic) bond motifs is 1. The fourth-order valence-corrected chi connectivity index (χ4v) is 2.66. The third kappa shape index (κ3) is 1.63. The minimum absolute atomic E-state index is 0.0591. The second-order valence-corrected chi connectivity index (χ2v) is 4.71. The van der Waals surface area contributed by atoms with E-state index in [9.17, 15) is 4.79 Å². The first-order chi connectivity index (χ1) is 8.27. The Morgan fingerprint density at radius 3 is 3.06 bits per heavy atom. The predicted octanol–water partition coefficient (Wildman–Crippen LogP) is 2.13. The van der Waals surface area contributed by atoms with E-state index < -0.39 is 0 Å². The number of rotatable bonds is 1. The minimum Gasteiger partial charge on any atom is -0.304 e. The second kappa shape index (κ2) is 3.92. The zero-order chi connectivity index (χ0) is 11.8. The molecule has 2 heterocycles. The molecule has 0 radical (unpaired) electrons. The van der Waals surface area contributed by atoms with Gasteiger partial charge in [0.2, 0.25) is 0 Å². The number of para-hydroxylation sites is 1. The van der Waals surface area contributed by atoms with Gasteiger partial charge in [0.25, 0.3) is 5.91 Å². The van der Waals surface area contributed by atoms with E-state index in [1.807, 2.05) is 23.1 Å². The summed E-state index contributed by atoms with van der Waals surface area (Å²) in [6.45, 7) is 2.05. The summed E-state index contributed by atoms with van der Waals surface area (Å²) in [6, 6.07) is 8.19. The first kappa shape index (κ1) is 10.4. The summed E-state index contributed by atoms with van der Waals surface area (Å²) in [7, 11) is 0. The highest BCUT2D eigenvalue weighted by atomic mass is 32.1. The van der Waals surface area contributed by atoms with Gasteiger partial charge in [0.05, 0.1) is 17.9 Å². The molecule has 1 aromatic heterocycles.